The van der Waals surface area contributed by atoms with E-state index in [0.717, 1.165) is 10.9 Å². The number of fused-ring (bicyclic) bond motifs is 1. The molecule has 2 heteroatoms. The van der Waals surface area contributed by atoms with E-state index in [4.69, 9.17) is 0 Å². The van der Waals surface area contributed by atoms with Crippen molar-refractivity contribution in [1.82, 2.24) is 4.98 Å². The Balaban J connectivity index is 2.37. The monoisotopic (exact) mass is 235 g/mol. The molecule has 0 bridgehead atoms. The van der Waals surface area contributed by atoms with Crippen molar-refractivity contribution >= 4 is 10.9 Å². The van der Waals surface area contributed by atoms with Crippen LogP contribution in [0.3, 0.4) is 0 Å². The fourth-order valence-corrected chi connectivity index (χ4v) is 2.27. The van der Waals surface area contributed by atoms with Crippen molar-refractivity contribution in [3.63, 3.8) is 0 Å². The van der Waals surface area contributed by atoms with E-state index in [1.807, 2.05) is 30.3 Å². The molecule has 2 aromatic carbocycles. The van der Waals surface area contributed by atoms with E-state index in [-0.39, 0.29) is 5.75 Å². The largest absolute Gasteiger partial charge is 0.506 e. The van der Waals surface area contributed by atoms with Crippen LogP contribution in [-0.2, 0) is 0 Å². The molecule has 1 aromatic heterocycles. The number of phenolic OH excluding ortho intramolecular Hbond substituents is 1. The normalized spacial score (nSPS) is 10.7. The first-order valence-corrected chi connectivity index (χ1v) is 5.90. The van der Waals surface area contributed by atoms with E-state index in [1.54, 1.807) is 12.3 Å². The Bertz CT molecular complexity index is 719. The highest BCUT2D eigenvalue weighted by molar-refractivity contribution is 5.97. The van der Waals surface area contributed by atoms with Gasteiger partial charge in [0.2, 0.25) is 0 Å². The summed E-state index contributed by atoms with van der Waals surface area (Å²) in [5, 5.41) is 10.8. The standard InChI is InChI=1S/C16H13NO/c1-11-5-2-3-6-12(11)13-9-10-17-16-14(13)7-4-8-15(16)18/h2-10,18H,1H3. The molecule has 0 spiro atoms. The number of aromatic hydroxyl groups is 1. The lowest BCUT2D eigenvalue weighted by molar-refractivity contribution is 0.480. The first-order chi connectivity index (χ1) is 8.77. The third kappa shape index (κ3) is 1.63. The summed E-state index contributed by atoms with van der Waals surface area (Å²) < 4.78 is 0. The van der Waals surface area contributed by atoms with Gasteiger partial charge in [-0.2, -0.15) is 0 Å². The van der Waals surface area contributed by atoms with Crippen LogP contribution < -0.4 is 0 Å². The molecular weight excluding hydrogens is 222 g/mol. The number of para-hydroxylation sites is 1. The average molecular weight is 235 g/mol. The summed E-state index contributed by atoms with van der Waals surface area (Å²) in [7, 11) is 0. The quantitative estimate of drug-likeness (QED) is 0.693. The maximum Gasteiger partial charge on any atom is 0.141 e. The molecule has 0 aliphatic rings. The lowest BCUT2D eigenvalue weighted by Gasteiger charge is -2.09. The Morgan fingerprint density at radius 3 is 2.56 bits per heavy atom. The van der Waals surface area contributed by atoms with Crippen LogP contribution in [0.4, 0.5) is 0 Å². The fraction of sp³-hybridized carbons (Fsp3) is 0.0625. The lowest BCUT2D eigenvalue weighted by Crippen LogP contribution is -1.87. The van der Waals surface area contributed by atoms with Gasteiger partial charge < -0.3 is 5.11 Å². The molecule has 0 aliphatic heterocycles. The third-order valence-corrected chi connectivity index (χ3v) is 3.18. The molecule has 0 fully saturated rings. The van der Waals surface area contributed by atoms with Crippen molar-refractivity contribution in [2.45, 2.75) is 6.92 Å². The summed E-state index contributed by atoms with van der Waals surface area (Å²) >= 11 is 0. The van der Waals surface area contributed by atoms with Gasteiger partial charge in [-0.3, -0.25) is 4.98 Å². The molecule has 3 rings (SSSR count). The summed E-state index contributed by atoms with van der Waals surface area (Å²) in [4.78, 5) is 4.25. The van der Waals surface area contributed by atoms with Crippen LogP contribution in [0, 0.1) is 6.92 Å². The Labute approximate surface area is 106 Å². The number of benzene rings is 2. The van der Waals surface area contributed by atoms with E-state index in [2.05, 4.69) is 24.0 Å². The predicted molar refractivity (Wildman–Crippen MR) is 73.6 cm³/mol. The molecule has 2 nitrogen and oxygen atoms in total. The molecule has 0 aliphatic carbocycles. The van der Waals surface area contributed by atoms with Crippen molar-refractivity contribution in [2.24, 2.45) is 0 Å². The smallest absolute Gasteiger partial charge is 0.141 e. The molecule has 88 valence electrons. The number of pyridine rings is 1. The number of aromatic nitrogens is 1. The lowest BCUT2D eigenvalue weighted by atomic mass is 9.97. The van der Waals surface area contributed by atoms with E-state index >= 15 is 0 Å². The van der Waals surface area contributed by atoms with Gasteiger partial charge in [0.1, 0.15) is 11.3 Å². The Kier molecular flexibility index (Phi) is 2.49. The number of aryl methyl sites for hydroxylation is 1. The molecule has 0 atom stereocenters. The van der Waals surface area contributed by atoms with Gasteiger partial charge in [0, 0.05) is 11.6 Å². The van der Waals surface area contributed by atoms with Gasteiger partial charge in [-0.25, -0.2) is 0 Å². The Morgan fingerprint density at radius 2 is 1.72 bits per heavy atom. The van der Waals surface area contributed by atoms with Gasteiger partial charge in [-0.15, -0.1) is 0 Å². The van der Waals surface area contributed by atoms with Gasteiger partial charge in [-0.1, -0.05) is 36.4 Å². The van der Waals surface area contributed by atoms with Gasteiger partial charge in [0.25, 0.3) is 0 Å². The van der Waals surface area contributed by atoms with Gasteiger partial charge in [0.05, 0.1) is 0 Å². The van der Waals surface area contributed by atoms with Crippen LogP contribution in [-0.4, -0.2) is 10.1 Å². The minimum Gasteiger partial charge on any atom is -0.506 e. The first-order valence-electron chi connectivity index (χ1n) is 5.90. The van der Waals surface area contributed by atoms with Gasteiger partial charge in [-0.05, 0) is 35.7 Å². The van der Waals surface area contributed by atoms with Crippen LogP contribution in [0.1, 0.15) is 5.56 Å². The van der Waals surface area contributed by atoms with Crippen molar-refractivity contribution < 1.29 is 5.11 Å². The molecule has 1 heterocycles. The zero-order valence-corrected chi connectivity index (χ0v) is 10.1. The zero-order chi connectivity index (χ0) is 12.5. The highest BCUT2D eigenvalue weighted by Crippen LogP contribution is 2.32. The molecule has 3 aromatic rings. The fourth-order valence-electron chi connectivity index (χ4n) is 2.27. The molecule has 18 heavy (non-hydrogen) atoms. The predicted octanol–water partition coefficient (Wildman–Crippen LogP) is 3.92. The summed E-state index contributed by atoms with van der Waals surface area (Å²) in [6, 6.07) is 15.7. The second-order valence-corrected chi connectivity index (χ2v) is 4.35. The Hall–Kier alpha value is -2.35. The van der Waals surface area contributed by atoms with Crippen LogP contribution in [0.2, 0.25) is 0 Å². The minimum absolute atomic E-state index is 0.225. The average Bonchev–Trinajstić information content (AvgIpc) is 2.40. The maximum absolute atomic E-state index is 9.85. The van der Waals surface area contributed by atoms with Crippen LogP contribution >= 0.6 is 0 Å². The summed E-state index contributed by atoms with van der Waals surface area (Å²) in [6.45, 7) is 2.09. The van der Waals surface area contributed by atoms with Crippen molar-refractivity contribution in [3.05, 3.63) is 60.3 Å². The topological polar surface area (TPSA) is 33.1 Å². The number of hydrogen-bond donors (Lipinski definition) is 1. The van der Waals surface area contributed by atoms with Crippen LogP contribution in [0.15, 0.2) is 54.7 Å². The summed E-state index contributed by atoms with van der Waals surface area (Å²) in [5.74, 6) is 0.225. The maximum atomic E-state index is 9.85. The van der Waals surface area contributed by atoms with Crippen molar-refractivity contribution in [3.8, 4) is 16.9 Å². The highest BCUT2D eigenvalue weighted by Gasteiger charge is 2.08. The highest BCUT2D eigenvalue weighted by atomic mass is 16.3. The summed E-state index contributed by atoms with van der Waals surface area (Å²) in [5.41, 5.74) is 4.15. The van der Waals surface area contributed by atoms with Crippen molar-refractivity contribution in [1.29, 1.82) is 0 Å². The van der Waals surface area contributed by atoms with Crippen LogP contribution in [0.25, 0.3) is 22.0 Å². The molecule has 0 saturated heterocycles. The molecule has 1 N–H and O–H groups in total. The molecule has 0 unspecified atom stereocenters. The van der Waals surface area contributed by atoms with E-state index in [1.165, 1.54) is 11.1 Å². The Morgan fingerprint density at radius 1 is 0.889 bits per heavy atom. The molecule has 0 saturated carbocycles. The SMILES string of the molecule is Cc1ccccc1-c1ccnc2c(O)cccc12. The van der Waals surface area contributed by atoms with E-state index in [0.29, 0.717) is 5.52 Å². The molecule has 0 radical (unpaired) electrons. The molecular formula is C16H13NO. The number of hydrogen-bond acceptors (Lipinski definition) is 2. The minimum atomic E-state index is 0.225. The van der Waals surface area contributed by atoms with Crippen LogP contribution in [0.5, 0.6) is 5.75 Å². The van der Waals surface area contributed by atoms with E-state index in [9.17, 15) is 5.11 Å². The van der Waals surface area contributed by atoms with Gasteiger partial charge in [0.15, 0.2) is 0 Å². The second-order valence-electron chi connectivity index (χ2n) is 4.35. The summed E-state index contributed by atoms with van der Waals surface area (Å²) in [6.07, 6.45) is 1.74. The first kappa shape index (κ1) is 10.8. The molecule has 0 amide bonds. The number of phenols is 1. The second kappa shape index (κ2) is 4.15. The van der Waals surface area contributed by atoms with E-state index < -0.39 is 0 Å². The number of nitrogens with zero attached hydrogens (tertiary/aromatic N) is 1. The third-order valence-electron chi connectivity index (χ3n) is 3.18. The zero-order valence-electron chi connectivity index (χ0n) is 10.1. The number of rotatable bonds is 1. The van der Waals surface area contributed by atoms with Crippen molar-refractivity contribution in [2.75, 3.05) is 0 Å². The van der Waals surface area contributed by atoms with Gasteiger partial charge >= 0.3 is 0 Å².